The Kier molecular flexibility index (Phi) is 13.5. The number of rotatable bonds is 16. The lowest BCUT2D eigenvalue weighted by Crippen LogP contribution is -2.44. The molecule has 3 amide bonds. The molecule has 0 radical (unpaired) electrons. The molecular formula is C33H49N7O6Si. The Labute approximate surface area is 277 Å². The average molecular weight is 668 g/mol. The average Bonchev–Trinajstić information content (AvgIpc) is 3.35. The first-order chi connectivity index (χ1) is 22.2. The molecule has 0 bridgehead atoms. The fourth-order valence-electron chi connectivity index (χ4n) is 4.78. The Morgan fingerprint density at radius 1 is 1.15 bits per heavy atom. The molecule has 0 aliphatic carbocycles. The highest BCUT2D eigenvalue weighted by Crippen LogP contribution is 2.24. The van der Waals surface area contributed by atoms with Gasteiger partial charge in [-0.3, -0.25) is 14.4 Å². The van der Waals surface area contributed by atoms with Gasteiger partial charge < -0.3 is 34.1 Å². The minimum Gasteiger partial charge on any atom is -0.453 e. The van der Waals surface area contributed by atoms with E-state index in [9.17, 15) is 19.2 Å². The van der Waals surface area contributed by atoms with Crippen molar-refractivity contribution in [1.29, 1.82) is 0 Å². The van der Waals surface area contributed by atoms with Crippen molar-refractivity contribution >= 4 is 42.7 Å². The summed E-state index contributed by atoms with van der Waals surface area (Å²) in [6.07, 6.45) is 6.73. The van der Waals surface area contributed by atoms with Crippen LogP contribution in [-0.2, 0) is 38.8 Å². The number of fused-ring (bicyclic) bond motifs is 1. The second-order valence-corrected chi connectivity index (χ2v) is 18.9. The molecule has 2 N–H and O–H groups in total. The summed E-state index contributed by atoms with van der Waals surface area (Å²) in [4.78, 5) is 61.3. The smallest absolute Gasteiger partial charge is 0.407 e. The number of ether oxygens (including phenoxy) is 2. The number of hydrogen-bond donors (Lipinski definition) is 2. The van der Waals surface area contributed by atoms with Crippen LogP contribution in [-0.4, -0.2) is 83.8 Å². The molecule has 3 rings (SSSR count). The minimum absolute atomic E-state index is 0.0572. The third-order valence-electron chi connectivity index (χ3n) is 7.39. The number of pyridine rings is 1. The first-order valence-electron chi connectivity index (χ1n) is 15.8. The van der Waals surface area contributed by atoms with Gasteiger partial charge in [0, 0.05) is 40.7 Å². The van der Waals surface area contributed by atoms with E-state index >= 15 is 0 Å². The summed E-state index contributed by atoms with van der Waals surface area (Å²) in [5.74, 6) is -0.405. The van der Waals surface area contributed by atoms with Crippen LogP contribution in [0.3, 0.4) is 0 Å². The van der Waals surface area contributed by atoms with Crippen LogP contribution in [0, 0.1) is 5.92 Å². The van der Waals surface area contributed by atoms with Crippen molar-refractivity contribution in [2.45, 2.75) is 78.1 Å². The second kappa shape index (κ2) is 17.0. The molecule has 13 nitrogen and oxygen atoms in total. The molecule has 0 aromatic carbocycles. The molecule has 14 heteroatoms. The summed E-state index contributed by atoms with van der Waals surface area (Å²) in [5.41, 5.74) is 3.03. The van der Waals surface area contributed by atoms with Crippen LogP contribution < -0.4 is 16.2 Å². The Morgan fingerprint density at radius 2 is 1.89 bits per heavy atom. The van der Waals surface area contributed by atoms with Crippen molar-refractivity contribution in [3.8, 4) is 0 Å². The van der Waals surface area contributed by atoms with Gasteiger partial charge in [-0.2, -0.15) is 0 Å². The fraction of sp³-hybridized carbons (Fsp3) is 0.515. The zero-order valence-corrected chi connectivity index (χ0v) is 29.8. The van der Waals surface area contributed by atoms with Crippen LogP contribution in [0.2, 0.25) is 25.7 Å². The highest BCUT2D eigenvalue weighted by molar-refractivity contribution is 6.76. The molecule has 0 aliphatic rings. The van der Waals surface area contributed by atoms with E-state index in [0.29, 0.717) is 25.7 Å². The van der Waals surface area contributed by atoms with Crippen LogP contribution in [0.4, 0.5) is 10.5 Å². The molecule has 0 saturated carbocycles. The monoisotopic (exact) mass is 667 g/mol. The molecule has 256 valence electrons. The largest absolute Gasteiger partial charge is 0.453 e. The predicted molar refractivity (Wildman–Crippen MR) is 185 cm³/mol. The van der Waals surface area contributed by atoms with Crippen molar-refractivity contribution in [3.63, 3.8) is 0 Å². The maximum absolute atomic E-state index is 13.6. The van der Waals surface area contributed by atoms with Crippen LogP contribution in [0.1, 0.15) is 38.1 Å². The van der Waals surface area contributed by atoms with Gasteiger partial charge in [0.2, 0.25) is 11.8 Å². The number of carbonyl (C=O) groups excluding carboxylic acids is 3. The Morgan fingerprint density at radius 3 is 2.55 bits per heavy atom. The lowest BCUT2D eigenvalue weighted by molar-refractivity contribution is -0.123. The normalized spacial score (nSPS) is 12.4. The zero-order chi connectivity index (χ0) is 34.7. The number of likely N-dealkylation sites (N-methyl/N-ethyl adjacent to an activating group) is 1. The van der Waals surface area contributed by atoms with Gasteiger partial charge in [-0.15, -0.1) is 0 Å². The van der Waals surface area contributed by atoms with E-state index in [0.717, 1.165) is 34.9 Å². The standard InChI is InChI=1S/C33H49N7O6Si/c1-23(2)18-27-30-28(35-21-34-27)19-24(40(30)22-46-16-17-47(6,7)8)20-39-15-11-13-26(32(39)43)36-31(42)25(37-33(44)45-5)12-9-10-14-29(41)38(3)4/h10-11,13-15,19,21,23,25H,9,12,16-18,20,22H2,1-8H3,(H,36,42)(H,37,44)/b14-10+. The molecule has 0 saturated heterocycles. The molecule has 0 fully saturated rings. The highest BCUT2D eigenvalue weighted by atomic mass is 28.3. The van der Waals surface area contributed by atoms with E-state index in [4.69, 9.17) is 4.74 Å². The zero-order valence-electron chi connectivity index (χ0n) is 28.8. The fourth-order valence-corrected chi connectivity index (χ4v) is 5.53. The van der Waals surface area contributed by atoms with E-state index < -0.39 is 31.7 Å². The Hall–Kier alpha value is -4.30. The number of hydrogen-bond acceptors (Lipinski definition) is 8. The van der Waals surface area contributed by atoms with E-state index in [1.807, 2.05) is 10.6 Å². The molecule has 0 aliphatic heterocycles. The van der Waals surface area contributed by atoms with Gasteiger partial charge in [-0.1, -0.05) is 39.6 Å². The maximum Gasteiger partial charge on any atom is 0.407 e. The Balaban J connectivity index is 1.88. The van der Waals surface area contributed by atoms with Crippen molar-refractivity contribution in [2.24, 2.45) is 5.92 Å². The van der Waals surface area contributed by atoms with Crippen LogP contribution in [0.15, 0.2) is 47.7 Å². The summed E-state index contributed by atoms with van der Waals surface area (Å²) in [6.45, 7) is 12.3. The molecule has 3 heterocycles. The molecule has 0 spiro atoms. The van der Waals surface area contributed by atoms with Crippen molar-refractivity contribution < 1.29 is 23.9 Å². The van der Waals surface area contributed by atoms with Crippen molar-refractivity contribution in [1.82, 2.24) is 29.3 Å². The molecule has 1 unspecified atom stereocenters. The quantitative estimate of drug-likeness (QED) is 0.131. The van der Waals surface area contributed by atoms with Gasteiger partial charge >= 0.3 is 6.09 Å². The number of nitrogens with zero attached hydrogens (tertiary/aromatic N) is 5. The van der Waals surface area contributed by atoms with E-state index in [1.165, 1.54) is 28.7 Å². The second-order valence-electron chi connectivity index (χ2n) is 13.3. The van der Waals surface area contributed by atoms with Gasteiger partial charge in [0.05, 0.1) is 30.4 Å². The lowest BCUT2D eigenvalue weighted by Gasteiger charge is -2.18. The number of anilines is 1. The summed E-state index contributed by atoms with van der Waals surface area (Å²) < 4.78 is 14.4. The molecule has 1 atom stereocenters. The van der Waals surface area contributed by atoms with Gasteiger partial charge in [0.1, 0.15) is 24.8 Å². The third-order valence-corrected chi connectivity index (χ3v) is 9.10. The van der Waals surface area contributed by atoms with Crippen molar-refractivity contribution in [2.75, 3.05) is 33.1 Å². The number of allylic oxidation sites excluding steroid dienone is 1. The summed E-state index contributed by atoms with van der Waals surface area (Å²) in [6, 6.07) is 5.16. The summed E-state index contributed by atoms with van der Waals surface area (Å²) in [5, 5.41) is 5.18. The summed E-state index contributed by atoms with van der Waals surface area (Å²) >= 11 is 0. The highest BCUT2D eigenvalue weighted by Gasteiger charge is 2.23. The first-order valence-corrected chi connectivity index (χ1v) is 19.5. The first kappa shape index (κ1) is 37.2. The van der Waals surface area contributed by atoms with Crippen LogP contribution in [0.5, 0.6) is 0 Å². The van der Waals surface area contributed by atoms with Gasteiger partial charge in [-0.05, 0) is 55.5 Å². The third kappa shape index (κ3) is 11.2. The van der Waals surface area contributed by atoms with E-state index in [-0.39, 0.29) is 24.6 Å². The molecular weight excluding hydrogens is 618 g/mol. The van der Waals surface area contributed by atoms with Crippen LogP contribution >= 0.6 is 0 Å². The maximum atomic E-state index is 13.6. The number of alkyl carbamates (subject to hydrolysis) is 1. The number of nitrogens with one attached hydrogen (secondary N) is 2. The lowest BCUT2D eigenvalue weighted by atomic mass is 10.1. The molecule has 3 aromatic rings. The topological polar surface area (TPSA) is 150 Å². The molecule has 47 heavy (non-hydrogen) atoms. The SMILES string of the molecule is COC(=O)NC(CC/C=C/C(=O)N(C)C)C(=O)Nc1cccn(Cc2cc3ncnc(CC(C)C)c3n2COCC[Si](C)(C)C)c1=O. The van der Waals surface area contributed by atoms with E-state index in [1.54, 1.807) is 38.8 Å². The minimum atomic E-state index is -1.29. The van der Waals surface area contributed by atoms with Gasteiger partial charge in [0.15, 0.2) is 0 Å². The van der Waals surface area contributed by atoms with E-state index in [2.05, 4.69) is 58.8 Å². The van der Waals surface area contributed by atoms with Crippen molar-refractivity contribution in [3.05, 3.63) is 64.6 Å². The van der Waals surface area contributed by atoms with Gasteiger partial charge in [-0.25, -0.2) is 14.8 Å². The number of aromatic nitrogens is 4. The molecule has 3 aromatic heterocycles. The number of amides is 3. The Bertz CT molecular complexity index is 1620. The van der Waals surface area contributed by atoms with Crippen LogP contribution in [0.25, 0.3) is 11.0 Å². The predicted octanol–water partition coefficient (Wildman–Crippen LogP) is 4.24. The number of methoxy groups -OCH3 is 1. The number of carbonyl (C=O) groups is 3. The van der Waals surface area contributed by atoms with Gasteiger partial charge in [0.25, 0.3) is 5.56 Å². The summed E-state index contributed by atoms with van der Waals surface area (Å²) in [7, 11) is 3.17.